The lowest BCUT2D eigenvalue weighted by atomic mass is 10.1. The summed E-state index contributed by atoms with van der Waals surface area (Å²) in [5, 5.41) is 6.44. The van der Waals surface area contributed by atoms with Gasteiger partial charge in [-0.15, -0.1) is 11.3 Å². The van der Waals surface area contributed by atoms with Crippen LogP contribution in [0.1, 0.15) is 31.2 Å². The molecule has 1 saturated carbocycles. The van der Waals surface area contributed by atoms with Crippen LogP contribution in [0.2, 0.25) is 0 Å². The van der Waals surface area contributed by atoms with Crippen molar-refractivity contribution >= 4 is 22.4 Å². The minimum absolute atomic E-state index is 0.268. The number of carbonyl (C=O) groups excluding carboxylic acids is 1. The molecule has 0 unspecified atom stereocenters. The van der Waals surface area contributed by atoms with E-state index in [1.807, 2.05) is 0 Å². The summed E-state index contributed by atoms with van der Waals surface area (Å²) in [5.41, 5.74) is 3.50. The van der Waals surface area contributed by atoms with Gasteiger partial charge in [0.2, 0.25) is 5.91 Å². The summed E-state index contributed by atoms with van der Waals surface area (Å²) in [6.45, 7) is 4.04. The van der Waals surface area contributed by atoms with Gasteiger partial charge < -0.3 is 10.2 Å². The fraction of sp³-hybridized carbons (Fsp3) is 0.474. The second-order valence-electron chi connectivity index (χ2n) is 6.93. The maximum absolute atomic E-state index is 11.9. The minimum atomic E-state index is 0.268. The number of anilines is 1. The molecule has 4 rings (SSSR count). The average Bonchev–Trinajstić information content (AvgIpc) is 3.34. The molecule has 2 fully saturated rings. The number of hydrogen-bond donors (Lipinski definition) is 1. The molecule has 2 heterocycles. The van der Waals surface area contributed by atoms with Crippen LogP contribution in [-0.2, 0) is 4.79 Å². The molecule has 24 heavy (non-hydrogen) atoms. The van der Waals surface area contributed by atoms with Crippen molar-refractivity contribution in [3.05, 3.63) is 35.2 Å². The van der Waals surface area contributed by atoms with Gasteiger partial charge in [0.15, 0.2) is 5.13 Å². The van der Waals surface area contributed by atoms with E-state index in [1.165, 1.54) is 11.1 Å². The van der Waals surface area contributed by atoms with Gasteiger partial charge in [0.05, 0.1) is 5.69 Å². The molecule has 1 saturated heterocycles. The van der Waals surface area contributed by atoms with Crippen molar-refractivity contribution in [2.24, 2.45) is 5.92 Å². The maximum atomic E-state index is 11.9. The summed E-state index contributed by atoms with van der Waals surface area (Å²) in [5.74, 6) is 0.573. The van der Waals surface area contributed by atoms with Crippen molar-refractivity contribution in [1.82, 2.24) is 10.3 Å². The van der Waals surface area contributed by atoms with Gasteiger partial charge in [0.1, 0.15) is 0 Å². The number of rotatable bonds is 4. The number of thiazole rings is 1. The van der Waals surface area contributed by atoms with E-state index < -0.39 is 0 Å². The molecule has 0 radical (unpaired) electrons. The Morgan fingerprint density at radius 1 is 1.17 bits per heavy atom. The summed E-state index contributed by atoms with van der Waals surface area (Å²) >= 11 is 1.71. The van der Waals surface area contributed by atoms with E-state index in [9.17, 15) is 4.79 Å². The molecule has 5 heteroatoms. The Morgan fingerprint density at radius 3 is 2.54 bits per heavy atom. The van der Waals surface area contributed by atoms with Crippen LogP contribution < -0.4 is 10.2 Å². The number of piperidine rings is 1. The summed E-state index contributed by atoms with van der Waals surface area (Å²) in [6, 6.07) is 8.86. The highest BCUT2D eigenvalue weighted by Gasteiger charge is 2.32. The molecule has 0 spiro atoms. The summed E-state index contributed by atoms with van der Waals surface area (Å²) < 4.78 is 0. The predicted octanol–water partition coefficient (Wildman–Crippen LogP) is 3.61. The van der Waals surface area contributed by atoms with Gasteiger partial charge in [-0.1, -0.05) is 29.8 Å². The summed E-state index contributed by atoms with van der Waals surface area (Å²) in [6.07, 6.45) is 4.17. The lowest BCUT2D eigenvalue weighted by Crippen LogP contribution is -2.45. The zero-order valence-corrected chi connectivity index (χ0v) is 14.8. The van der Waals surface area contributed by atoms with E-state index in [0.29, 0.717) is 12.0 Å². The molecule has 1 aromatic heterocycles. The largest absolute Gasteiger partial charge is 0.353 e. The second-order valence-corrected chi connectivity index (χ2v) is 7.76. The van der Waals surface area contributed by atoms with E-state index in [4.69, 9.17) is 4.98 Å². The first-order chi connectivity index (χ1) is 11.7. The Bertz CT molecular complexity index is 712. The molecular weight excluding hydrogens is 318 g/mol. The van der Waals surface area contributed by atoms with Gasteiger partial charge in [-0.2, -0.15) is 0 Å². The Morgan fingerprint density at radius 2 is 1.88 bits per heavy atom. The van der Waals surface area contributed by atoms with E-state index in [1.54, 1.807) is 11.3 Å². The van der Waals surface area contributed by atoms with Crippen LogP contribution in [0.3, 0.4) is 0 Å². The normalized spacial score (nSPS) is 18.6. The number of nitrogens with one attached hydrogen (secondary N) is 1. The molecule has 4 nitrogen and oxygen atoms in total. The van der Waals surface area contributed by atoms with E-state index in [0.717, 1.165) is 49.6 Å². The molecule has 1 aliphatic heterocycles. The first-order valence-electron chi connectivity index (χ1n) is 8.77. The molecule has 1 N–H and O–H groups in total. The molecule has 126 valence electrons. The highest BCUT2D eigenvalue weighted by Crippen LogP contribution is 2.31. The molecule has 2 aliphatic rings. The third kappa shape index (κ3) is 3.46. The Balaban J connectivity index is 1.35. The maximum Gasteiger partial charge on any atom is 0.223 e. The first-order valence-corrected chi connectivity index (χ1v) is 9.65. The summed E-state index contributed by atoms with van der Waals surface area (Å²) in [4.78, 5) is 19.0. The topological polar surface area (TPSA) is 45.2 Å². The van der Waals surface area contributed by atoms with Crippen molar-refractivity contribution in [3.8, 4) is 11.3 Å². The lowest BCUT2D eigenvalue weighted by molar-refractivity contribution is -0.123. The average molecular weight is 341 g/mol. The SMILES string of the molecule is Cc1ccc(-c2csc(N3CCC(NC(=O)C4CC4)CC3)n2)cc1. The second kappa shape index (κ2) is 6.55. The van der Waals surface area contributed by atoms with E-state index >= 15 is 0 Å². The van der Waals surface area contributed by atoms with Crippen molar-refractivity contribution in [2.75, 3.05) is 18.0 Å². The third-order valence-electron chi connectivity index (χ3n) is 4.90. The van der Waals surface area contributed by atoms with Crippen molar-refractivity contribution in [1.29, 1.82) is 0 Å². The number of carbonyl (C=O) groups is 1. The molecular formula is C19H23N3OS. The third-order valence-corrected chi connectivity index (χ3v) is 5.80. The van der Waals surface area contributed by atoms with Crippen LogP contribution in [-0.4, -0.2) is 30.0 Å². The quantitative estimate of drug-likeness (QED) is 0.924. The molecule has 1 amide bonds. The zero-order valence-electron chi connectivity index (χ0n) is 14.0. The van der Waals surface area contributed by atoms with Crippen molar-refractivity contribution < 1.29 is 4.79 Å². The summed E-state index contributed by atoms with van der Waals surface area (Å²) in [7, 11) is 0. The highest BCUT2D eigenvalue weighted by atomic mass is 32.1. The standard InChI is InChI=1S/C19H23N3OS/c1-13-2-4-14(5-3-13)17-12-24-19(21-17)22-10-8-16(9-11-22)20-18(23)15-6-7-15/h2-5,12,15-16H,6-11H2,1H3,(H,20,23). The van der Waals surface area contributed by atoms with Crippen LogP contribution in [0.4, 0.5) is 5.13 Å². The Labute approximate surface area is 146 Å². The molecule has 1 aromatic carbocycles. The first kappa shape index (κ1) is 15.6. The van der Waals surface area contributed by atoms with Crippen molar-refractivity contribution in [2.45, 2.75) is 38.6 Å². The van der Waals surface area contributed by atoms with Gasteiger partial charge in [0.25, 0.3) is 0 Å². The fourth-order valence-corrected chi connectivity index (χ4v) is 4.03. The fourth-order valence-electron chi connectivity index (χ4n) is 3.15. The van der Waals surface area contributed by atoms with Crippen LogP contribution in [0.15, 0.2) is 29.6 Å². The monoisotopic (exact) mass is 341 g/mol. The predicted molar refractivity (Wildman–Crippen MR) is 98.4 cm³/mol. The molecule has 1 aliphatic carbocycles. The molecule has 0 bridgehead atoms. The van der Waals surface area contributed by atoms with E-state index in [-0.39, 0.29) is 5.91 Å². The number of aromatic nitrogens is 1. The highest BCUT2D eigenvalue weighted by molar-refractivity contribution is 7.14. The Kier molecular flexibility index (Phi) is 4.27. The molecule has 0 atom stereocenters. The van der Waals surface area contributed by atoms with Gasteiger partial charge in [0, 0.05) is 36.0 Å². The van der Waals surface area contributed by atoms with Crippen LogP contribution in [0.5, 0.6) is 0 Å². The number of hydrogen-bond acceptors (Lipinski definition) is 4. The number of aryl methyl sites for hydroxylation is 1. The molecule has 2 aromatic rings. The Hall–Kier alpha value is -1.88. The smallest absolute Gasteiger partial charge is 0.223 e. The number of amides is 1. The van der Waals surface area contributed by atoms with Gasteiger partial charge in [-0.05, 0) is 32.6 Å². The van der Waals surface area contributed by atoms with Gasteiger partial charge >= 0.3 is 0 Å². The lowest BCUT2D eigenvalue weighted by Gasteiger charge is -2.32. The van der Waals surface area contributed by atoms with Gasteiger partial charge in [-0.3, -0.25) is 4.79 Å². The van der Waals surface area contributed by atoms with E-state index in [2.05, 4.69) is 46.8 Å². The minimum Gasteiger partial charge on any atom is -0.353 e. The number of nitrogens with zero attached hydrogens (tertiary/aromatic N) is 2. The zero-order chi connectivity index (χ0) is 16.5. The van der Waals surface area contributed by atoms with Crippen LogP contribution in [0.25, 0.3) is 11.3 Å². The number of benzene rings is 1. The van der Waals surface area contributed by atoms with Gasteiger partial charge in [-0.25, -0.2) is 4.98 Å². The van der Waals surface area contributed by atoms with Crippen LogP contribution >= 0.6 is 11.3 Å². The van der Waals surface area contributed by atoms with Crippen LogP contribution in [0, 0.1) is 12.8 Å². The van der Waals surface area contributed by atoms with Crippen molar-refractivity contribution in [3.63, 3.8) is 0 Å².